The predicted molar refractivity (Wildman–Crippen MR) is 112 cm³/mol. The fourth-order valence-electron chi connectivity index (χ4n) is 2.94. The summed E-state index contributed by atoms with van der Waals surface area (Å²) in [5.41, 5.74) is 0. The van der Waals surface area contributed by atoms with Gasteiger partial charge in [-0.25, -0.2) is 5.01 Å². The molecular weight excluding hydrogens is 485 g/mol. The molecule has 2 aliphatic rings. The Morgan fingerprint density at radius 3 is 1.81 bits per heavy atom. The van der Waals surface area contributed by atoms with Gasteiger partial charge in [-0.1, -0.05) is 0 Å². The van der Waals surface area contributed by atoms with E-state index in [2.05, 4.69) is 5.29 Å². The van der Waals surface area contributed by atoms with Crippen LogP contribution in [0, 0.1) is 16.7 Å². The maximum Gasteiger partial charge on any atom is 0.310 e. The van der Waals surface area contributed by atoms with Gasteiger partial charge in [-0.2, -0.15) is 0 Å². The fourth-order valence-corrected chi connectivity index (χ4v) is 2.94. The topological polar surface area (TPSA) is 152 Å². The molecule has 2 fully saturated rings. The fraction of sp³-hybridized carbons (Fsp3) is 0.833. The van der Waals surface area contributed by atoms with Crippen molar-refractivity contribution in [3.05, 3.63) is 4.91 Å². The van der Waals surface area contributed by atoms with E-state index in [-0.39, 0.29) is 55.7 Å². The second kappa shape index (κ2) is 20.5. The van der Waals surface area contributed by atoms with Crippen LogP contribution >= 0.6 is 12.4 Å². The number of carbonyl (C=O) groups excluding carboxylic acids is 2. The molecule has 0 amide bonds. The van der Waals surface area contributed by atoms with Crippen LogP contribution in [0.5, 0.6) is 0 Å². The molecule has 0 saturated carbocycles. The molecule has 0 aliphatic carbocycles. The van der Waals surface area contributed by atoms with E-state index in [1.807, 2.05) is 6.92 Å². The van der Waals surface area contributed by atoms with Crippen molar-refractivity contribution in [2.75, 3.05) is 39.4 Å². The van der Waals surface area contributed by atoms with Gasteiger partial charge in [0.2, 0.25) is 0 Å². The minimum atomic E-state index is -0.833. The van der Waals surface area contributed by atoms with Crippen LogP contribution in [0.2, 0.25) is 0 Å². The number of piperidine rings is 2. The van der Waals surface area contributed by atoms with Gasteiger partial charge < -0.3 is 14.6 Å². The number of carbonyl (C=O) groups is 3. The Morgan fingerprint density at radius 1 is 1.00 bits per heavy atom. The van der Waals surface area contributed by atoms with Crippen molar-refractivity contribution >= 4 is 30.3 Å². The number of ether oxygens (including phenoxy) is 2. The second-order valence-electron chi connectivity index (χ2n) is 6.69. The molecule has 2 heterocycles. The van der Waals surface area contributed by atoms with Crippen molar-refractivity contribution in [2.45, 2.75) is 46.5 Å². The summed E-state index contributed by atoms with van der Waals surface area (Å²) in [6, 6.07) is 0. The molecule has 31 heavy (non-hydrogen) atoms. The zero-order chi connectivity index (χ0) is 22.2. The van der Waals surface area contributed by atoms with Gasteiger partial charge in [0.05, 0.1) is 36.9 Å². The van der Waals surface area contributed by atoms with Crippen LogP contribution < -0.4 is 5.84 Å². The van der Waals surface area contributed by atoms with E-state index in [1.165, 1.54) is 5.01 Å². The first-order valence-electron chi connectivity index (χ1n) is 9.85. The van der Waals surface area contributed by atoms with Crippen LogP contribution in [0.3, 0.4) is 0 Å². The summed E-state index contributed by atoms with van der Waals surface area (Å²) < 4.78 is 9.77. The number of rotatable bonds is 5. The summed E-state index contributed by atoms with van der Waals surface area (Å²) in [4.78, 5) is 41.7. The Labute approximate surface area is 202 Å². The number of aliphatic carboxylic acids is 1. The number of halogens is 1. The smallest absolute Gasteiger partial charge is 0.310 e. The summed E-state index contributed by atoms with van der Waals surface area (Å²) in [7, 11) is 0. The molecule has 11 nitrogen and oxygen atoms in total. The van der Waals surface area contributed by atoms with E-state index in [0.29, 0.717) is 32.8 Å². The SMILES string of the molecule is CC(=O)O.CCOC(=O)[C@H]1CCCN(N)C1.CCOC(=O)[C@H]1CCCN(N=O)C1.Cl.[Zn]. The monoisotopic (exact) mass is 518 g/mol. The number of hydrogen-bond donors (Lipinski definition) is 2. The molecule has 13 heteroatoms. The molecule has 0 unspecified atom stereocenters. The number of carboxylic acid groups (broad SMARTS) is 1. The quantitative estimate of drug-likeness (QED) is 0.237. The molecule has 0 bridgehead atoms. The first-order valence-corrected chi connectivity index (χ1v) is 9.85. The third kappa shape index (κ3) is 16.9. The van der Waals surface area contributed by atoms with Crippen molar-refractivity contribution < 1.29 is 48.4 Å². The average molecular weight is 520 g/mol. The molecular formula is C18H35ClN4O7Zn. The van der Waals surface area contributed by atoms with Crippen LogP contribution in [-0.4, -0.2) is 72.4 Å². The Morgan fingerprint density at radius 2 is 1.42 bits per heavy atom. The van der Waals surface area contributed by atoms with Crippen molar-refractivity contribution in [2.24, 2.45) is 23.0 Å². The van der Waals surface area contributed by atoms with Crippen LogP contribution in [0.15, 0.2) is 5.29 Å². The Balaban J connectivity index is -0.000000410. The summed E-state index contributed by atoms with van der Waals surface area (Å²) >= 11 is 0. The number of esters is 2. The average Bonchev–Trinajstić information content (AvgIpc) is 2.68. The maximum atomic E-state index is 11.3. The van der Waals surface area contributed by atoms with Crippen LogP contribution in [-0.2, 0) is 43.3 Å². The first kappa shape index (κ1) is 34.3. The summed E-state index contributed by atoms with van der Waals surface area (Å²) in [5, 5.41) is 13.3. The standard InChI is InChI=1S/C8H14N2O3.C8H16N2O2.C2H4O2.ClH.Zn/c1-2-13-8(11)7-4-3-5-10(6-7)9-12;1-2-12-8(11)7-4-3-5-10(9)6-7;1-2(3)4;;/h7H,2-6H2,1H3;7H,2-6,9H2,1H3;1H3,(H,3,4);1H;/t2*7-;;;/m00.../s1. The van der Waals surface area contributed by atoms with Crippen LogP contribution in [0.4, 0.5) is 0 Å². The zero-order valence-corrected chi connectivity index (χ0v) is 22.4. The molecule has 0 aromatic heterocycles. The molecule has 3 N–H and O–H groups in total. The molecule has 2 aliphatic heterocycles. The van der Waals surface area contributed by atoms with Crippen LogP contribution in [0.1, 0.15) is 46.5 Å². The summed E-state index contributed by atoms with van der Waals surface area (Å²) in [5.74, 6) is 4.25. The van der Waals surface area contributed by atoms with E-state index in [9.17, 15) is 14.5 Å². The van der Waals surface area contributed by atoms with E-state index in [4.69, 9.17) is 25.2 Å². The minimum absolute atomic E-state index is 0. The van der Waals surface area contributed by atoms with Gasteiger partial charge in [-0.05, 0) is 39.5 Å². The van der Waals surface area contributed by atoms with E-state index >= 15 is 0 Å². The number of nitrogens with two attached hydrogens (primary N) is 1. The van der Waals surface area contributed by atoms with Crippen LogP contribution in [0.25, 0.3) is 0 Å². The summed E-state index contributed by atoms with van der Waals surface area (Å²) in [6.45, 7) is 8.11. The third-order valence-corrected chi connectivity index (χ3v) is 4.21. The molecule has 2 rings (SSSR count). The van der Waals surface area contributed by atoms with E-state index in [0.717, 1.165) is 39.2 Å². The van der Waals surface area contributed by atoms with Gasteiger partial charge in [-0.3, -0.25) is 25.2 Å². The number of nitrogens with zero attached hydrogens (tertiary/aromatic N) is 3. The Kier molecular flexibility index (Phi) is 22.7. The maximum absolute atomic E-state index is 11.3. The van der Waals surface area contributed by atoms with Crippen molar-refractivity contribution in [3.63, 3.8) is 0 Å². The largest absolute Gasteiger partial charge is 0.481 e. The number of nitroso groups, excluding NO2 is 1. The van der Waals surface area contributed by atoms with Crippen molar-refractivity contribution in [1.29, 1.82) is 0 Å². The molecule has 0 spiro atoms. The van der Waals surface area contributed by atoms with Crippen molar-refractivity contribution in [3.8, 4) is 0 Å². The number of hydrogen-bond acceptors (Lipinski definition) is 9. The minimum Gasteiger partial charge on any atom is -0.481 e. The van der Waals surface area contributed by atoms with Crippen molar-refractivity contribution in [1.82, 2.24) is 10.0 Å². The molecule has 178 valence electrons. The first-order chi connectivity index (χ1) is 13.7. The second-order valence-corrected chi connectivity index (χ2v) is 6.69. The molecule has 0 aromatic carbocycles. The number of hydrazine groups is 1. The van der Waals surface area contributed by atoms with E-state index in [1.54, 1.807) is 11.9 Å². The van der Waals surface area contributed by atoms with Gasteiger partial charge in [0.25, 0.3) is 5.97 Å². The molecule has 2 atom stereocenters. The number of carboxylic acids is 1. The normalized spacial score (nSPS) is 20.1. The molecule has 2 saturated heterocycles. The Hall–Kier alpha value is -1.36. The molecule has 0 radical (unpaired) electrons. The zero-order valence-electron chi connectivity index (χ0n) is 18.7. The Bertz CT molecular complexity index is 527. The third-order valence-electron chi connectivity index (χ3n) is 4.21. The van der Waals surface area contributed by atoms with Gasteiger partial charge in [-0.15, -0.1) is 17.3 Å². The molecule has 0 aromatic rings. The van der Waals surface area contributed by atoms with Gasteiger partial charge >= 0.3 is 11.9 Å². The van der Waals surface area contributed by atoms with E-state index < -0.39 is 5.97 Å². The van der Waals surface area contributed by atoms with Gasteiger partial charge in [0, 0.05) is 46.0 Å². The summed E-state index contributed by atoms with van der Waals surface area (Å²) in [6.07, 6.45) is 3.52. The van der Waals surface area contributed by atoms with Gasteiger partial charge in [0.15, 0.2) is 0 Å². The predicted octanol–water partition coefficient (Wildman–Crippen LogP) is 1.59. The van der Waals surface area contributed by atoms with Gasteiger partial charge in [0.1, 0.15) is 0 Å².